The highest BCUT2D eigenvalue weighted by Crippen LogP contribution is 2.37. The van der Waals surface area contributed by atoms with Crippen molar-refractivity contribution in [2.45, 2.75) is 38.6 Å². The van der Waals surface area contributed by atoms with E-state index in [-0.39, 0.29) is 12.1 Å². The van der Waals surface area contributed by atoms with Crippen molar-refractivity contribution in [1.29, 1.82) is 0 Å². The molecule has 10 heteroatoms. The molecule has 0 spiro atoms. The summed E-state index contributed by atoms with van der Waals surface area (Å²) in [5.41, 5.74) is 1.17. The van der Waals surface area contributed by atoms with E-state index in [0.717, 1.165) is 31.6 Å². The smallest absolute Gasteiger partial charge is 0.319 e. The third kappa shape index (κ3) is 5.51. The summed E-state index contributed by atoms with van der Waals surface area (Å²) in [5.74, 6) is 3.25. The minimum atomic E-state index is -0.234. The first-order chi connectivity index (χ1) is 16.1. The highest BCUT2D eigenvalue weighted by molar-refractivity contribution is 5.90. The Morgan fingerprint density at radius 1 is 1.00 bits per heavy atom. The van der Waals surface area contributed by atoms with E-state index < -0.39 is 0 Å². The van der Waals surface area contributed by atoms with Crippen LogP contribution in [0.1, 0.15) is 32.6 Å². The second-order valence-electron chi connectivity index (χ2n) is 8.12. The van der Waals surface area contributed by atoms with Gasteiger partial charge in [-0.05, 0) is 67.1 Å². The van der Waals surface area contributed by atoms with Crippen LogP contribution in [0.4, 0.5) is 10.5 Å². The number of tetrazole rings is 1. The molecule has 1 aromatic heterocycles. The van der Waals surface area contributed by atoms with Crippen LogP contribution in [0.15, 0.2) is 36.4 Å². The van der Waals surface area contributed by atoms with Crippen LogP contribution in [-0.4, -0.2) is 46.9 Å². The number of hydrogen-bond acceptors (Lipinski definition) is 7. The Bertz CT molecular complexity index is 1080. The maximum atomic E-state index is 12.5. The van der Waals surface area contributed by atoms with Gasteiger partial charge in [-0.25, -0.2) is 4.79 Å². The summed E-state index contributed by atoms with van der Waals surface area (Å²) in [4.78, 5) is 12.5. The van der Waals surface area contributed by atoms with Gasteiger partial charge in [-0.1, -0.05) is 6.92 Å². The van der Waals surface area contributed by atoms with Crippen LogP contribution >= 0.6 is 0 Å². The molecule has 10 nitrogen and oxygen atoms in total. The lowest BCUT2D eigenvalue weighted by atomic mass is 9.87. The topological polar surface area (TPSA) is 123 Å². The van der Waals surface area contributed by atoms with Crippen molar-refractivity contribution in [3.8, 4) is 34.4 Å². The van der Waals surface area contributed by atoms with Gasteiger partial charge < -0.3 is 24.8 Å². The van der Waals surface area contributed by atoms with Gasteiger partial charge in [0.05, 0.1) is 19.8 Å². The van der Waals surface area contributed by atoms with E-state index in [1.807, 2.05) is 0 Å². The largest absolute Gasteiger partial charge is 0.493 e. The molecule has 3 N–H and O–H groups in total. The molecule has 2 aromatic carbocycles. The molecule has 1 aliphatic carbocycles. The van der Waals surface area contributed by atoms with E-state index in [1.54, 1.807) is 50.6 Å². The van der Waals surface area contributed by atoms with Crippen LogP contribution < -0.4 is 24.8 Å². The van der Waals surface area contributed by atoms with Crippen molar-refractivity contribution in [3.63, 3.8) is 0 Å². The Morgan fingerprint density at radius 2 is 1.76 bits per heavy atom. The van der Waals surface area contributed by atoms with E-state index in [0.29, 0.717) is 40.1 Å². The van der Waals surface area contributed by atoms with E-state index in [1.165, 1.54) is 0 Å². The molecule has 1 aliphatic rings. The van der Waals surface area contributed by atoms with Crippen LogP contribution in [0.3, 0.4) is 0 Å². The molecule has 0 saturated heterocycles. The van der Waals surface area contributed by atoms with Crippen molar-refractivity contribution < 1.29 is 19.0 Å². The number of ether oxygens (including phenoxy) is 3. The number of aromatic nitrogens is 4. The number of nitrogens with one attached hydrogen (secondary N) is 3. The molecule has 1 heterocycles. The van der Waals surface area contributed by atoms with E-state index in [2.05, 4.69) is 38.2 Å². The Balaban J connectivity index is 1.52. The molecule has 174 valence electrons. The average Bonchev–Trinajstić information content (AvgIpc) is 3.36. The van der Waals surface area contributed by atoms with Crippen molar-refractivity contribution in [3.05, 3.63) is 36.4 Å². The minimum Gasteiger partial charge on any atom is -0.493 e. The van der Waals surface area contributed by atoms with Crippen LogP contribution in [-0.2, 0) is 0 Å². The minimum absolute atomic E-state index is 0.200. The van der Waals surface area contributed by atoms with Gasteiger partial charge in [0.15, 0.2) is 11.5 Å². The van der Waals surface area contributed by atoms with Crippen molar-refractivity contribution in [2.75, 3.05) is 19.5 Å². The number of aromatic amines is 1. The summed E-state index contributed by atoms with van der Waals surface area (Å²) in [6, 6.07) is 10.5. The molecule has 0 atom stereocenters. The van der Waals surface area contributed by atoms with Gasteiger partial charge in [0.1, 0.15) is 11.5 Å². The number of benzene rings is 2. The molecule has 3 aromatic rings. The van der Waals surface area contributed by atoms with Gasteiger partial charge in [-0.2, -0.15) is 5.21 Å². The molecular formula is C23H28N6O4. The molecule has 1 saturated carbocycles. The highest BCUT2D eigenvalue weighted by Gasteiger charge is 2.20. The number of hydrogen-bond donors (Lipinski definition) is 3. The fourth-order valence-corrected chi connectivity index (χ4v) is 3.91. The average molecular weight is 453 g/mol. The zero-order chi connectivity index (χ0) is 23.2. The highest BCUT2D eigenvalue weighted by atomic mass is 16.5. The molecule has 0 unspecified atom stereocenters. The number of nitrogens with zero attached hydrogens (tertiary/aromatic N) is 3. The Morgan fingerprint density at radius 3 is 2.45 bits per heavy atom. The fraction of sp³-hybridized carbons (Fsp3) is 0.391. The summed E-state index contributed by atoms with van der Waals surface area (Å²) in [7, 11) is 3.13. The van der Waals surface area contributed by atoms with Gasteiger partial charge in [0.2, 0.25) is 5.82 Å². The van der Waals surface area contributed by atoms with Crippen LogP contribution in [0.2, 0.25) is 0 Å². The van der Waals surface area contributed by atoms with Gasteiger partial charge in [-0.15, -0.1) is 10.2 Å². The molecule has 33 heavy (non-hydrogen) atoms. The van der Waals surface area contributed by atoms with Gasteiger partial charge >= 0.3 is 6.03 Å². The number of amides is 2. The van der Waals surface area contributed by atoms with Crippen molar-refractivity contribution in [1.82, 2.24) is 25.9 Å². The molecular weight excluding hydrogens is 424 g/mol. The first-order valence-electron chi connectivity index (χ1n) is 10.9. The number of carbonyl (C=O) groups excluding carboxylic acids is 1. The first-order valence-corrected chi connectivity index (χ1v) is 10.9. The standard InChI is InChI=1S/C23H28N6O4/c1-14-4-6-15(7-5-14)24-23(30)25-16-8-10-19(18(12-16)22-26-28-29-27-22)33-17-9-11-20(31-2)21(13-17)32-3/h8-15H,4-7H2,1-3H3,(H2,24,25,30)(H,26,27,28,29). The third-order valence-corrected chi connectivity index (χ3v) is 5.76. The summed E-state index contributed by atoms with van der Waals surface area (Å²) in [6.07, 6.45) is 4.27. The Kier molecular flexibility index (Phi) is 6.92. The second kappa shape index (κ2) is 10.2. The lowest BCUT2D eigenvalue weighted by Crippen LogP contribution is -2.39. The van der Waals surface area contributed by atoms with Crippen LogP contribution in [0, 0.1) is 5.92 Å². The maximum absolute atomic E-state index is 12.5. The zero-order valence-electron chi connectivity index (χ0n) is 18.9. The number of carbonyl (C=O) groups is 1. The van der Waals surface area contributed by atoms with E-state index >= 15 is 0 Å². The van der Waals surface area contributed by atoms with Gasteiger partial charge in [0, 0.05) is 17.8 Å². The predicted molar refractivity (Wildman–Crippen MR) is 123 cm³/mol. The van der Waals surface area contributed by atoms with Gasteiger partial charge in [-0.3, -0.25) is 0 Å². The summed E-state index contributed by atoms with van der Waals surface area (Å²) in [6.45, 7) is 2.25. The third-order valence-electron chi connectivity index (χ3n) is 5.76. The SMILES string of the molecule is COc1ccc(Oc2ccc(NC(=O)NC3CCC(C)CC3)cc2-c2nn[nH]n2)cc1OC. The quantitative estimate of drug-likeness (QED) is 0.486. The monoisotopic (exact) mass is 452 g/mol. The normalized spacial score (nSPS) is 17.8. The van der Waals surface area contributed by atoms with Crippen molar-refractivity contribution >= 4 is 11.7 Å². The molecule has 4 rings (SSSR count). The zero-order valence-corrected chi connectivity index (χ0v) is 18.9. The summed E-state index contributed by atoms with van der Waals surface area (Å²) < 4.78 is 16.7. The van der Waals surface area contributed by atoms with E-state index in [9.17, 15) is 4.79 Å². The molecule has 0 aliphatic heterocycles. The van der Waals surface area contributed by atoms with Crippen molar-refractivity contribution in [2.24, 2.45) is 5.92 Å². The predicted octanol–water partition coefficient (Wildman–Crippen LogP) is 4.38. The van der Waals surface area contributed by atoms with Gasteiger partial charge in [0.25, 0.3) is 0 Å². The number of anilines is 1. The molecule has 0 radical (unpaired) electrons. The number of rotatable bonds is 7. The number of urea groups is 1. The first kappa shape index (κ1) is 22.4. The van der Waals surface area contributed by atoms with Crippen LogP contribution in [0.25, 0.3) is 11.4 Å². The Labute approximate surface area is 192 Å². The molecule has 2 amide bonds. The Hall–Kier alpha value is -3.82. The maximum Gasteiger partial charge on any atom is 0.319 e. The van der Waals surface area contributed by atoms with E-state index in [4.69, 9.17) is 14.2 Å². The molecule has 0 bridgehead atoms. The summed E-state index contributed by atoms with van der Waals surface area (Å²) in [5, 5.41) is 20.2. The van der Waals surface area contributed by atoms with Crippen LogP contribution in [0.5, 0.6) is 23.0 Å². The lowest BCUT2D eigenvalue weighted by molar-refractivity contribution is 0.239. The number of H-pyrrole nitrogens is 1. The fourth-order valence-electron chi connectivity index (χ4n) is 3.91. The number of methoxy groups -OCH3 is 2. The summed E-state index contributed by atoms with van der Waals surface area (Å²) >= 11 is 0. The lowest BCUT2D eigenvalue weighted by Gasteiger charge is -2.27. The second-order valence-corrected chi connectivity index (χ2v) is 8.12. The molecule has 1 fully saturated rings.